The Morgan fingerprint density at radius 2 is 2.44 bits per heavy atom. The molecule has 0 bridgehead atoms. The van der Waals surface area contributed by atoms with Crippen LogP contribution >= 0.6 is 0 Å². The second-order valence-electron chi connectivity index (χ2n) is 2.53. The number of rotatable bonds is 1. The van der Waals surface area contributed by atoms with Crippen LogP contribution in [0.5, 0.6) is 0 Å². The summed E-state index contributed by atoms with van der Waals surface area (Å²) in [4.78, 5) is 0. The van der Waals surface area contributed by atoms with E-state index in [0.717, 1.165) is 25.9 Å². The van der Waals surface area contributed by atoms with Crippen LogP contribution in [0.1, 0.15) is 26.2 Å². The summed E-state index contributed by atoms with van der Waals surface area (Å²) < 4.78 is 5.29. The summed E-state index contributed by atoms with van der Waals surface area (Å²) in [5.41, 5.74) is 0. The second-order valence-corrected chi connectivity index (χ2v) is 2.53. The lowest BCUT2D eigenvalue weighted by molar-refractivity contribution is -0.0745. The number of ether oxygens (including phenoxy) is 1. The van der Waals surface area contributed by atoms with E-state index in [9.17, 15) is 5.11 Å². The molecule has 0 radical (unpaired) electrons. The van der Waals surface area contributed by atoms with Crippen molar-refractivity contribution in [3.05, 3.63) is 0 Å². The smallest absolute Gasteiger partial charge is 0.0831 e. The fourth-order valence-corrected chi connectivity index (χ4v) is 1.21. The Hall–Kier alpha value is -0.0800. The minimum Gasteiger partial charge on any atom is -0.390 e. The summed E-state index contributed by atoms with van der Waals surface area (Å²) in [5.74, 6) is 0. The second kappa shape index (κ2) is 3.18. The Kier molecular flexibility index (Phi) is 2.49. The molecular formula is C7H14O2. The fourth-order valence-electron chi connectivity index (χ4n) is 1.21. The molecule has 54 valence electrons. The summed E-state index contributed by atoms with van der Waals surface area (Å²) >= 11 is 0. The van der Waals surface area contributed by atoms with Crippen molar-refractivity contribution in [3.8, 4) is 0 Å². The first kappa shape index (κ1) is 7.03. The molecule has 1 rings (SSSR count). The topological polar surface area (TPSA) is 29.5 Å². The monoisotopic (exact) mass is 130 g/mol. The molecule has 9 heavy (non-hydrogen) atoms. The maximum Gasteiger partial charge on any atom is 0.0831 e. The molecule has 1 aliphatic rings. The molecule has 0 aromatic carbocycles. The molecule has 1 fully saturated rings. The zero-order valence-corrected chi connectivity index (χ0v) is 5.84. The van der Waals surface area contributed by atoms with Crippen molar-refractivity contribution in [2.75, 3.05) is 6.61 Å². The zero-order chi connectivity index (χ0) is 6.69. The summed E-state index contributed by atoms with van der Waals surface area (Å²) in [6.07, 6.45) is 2.76. The van der Waals surface area contributed by atoms with Gasteiger partial charge in [-0.2, -0.15) is 0 Å². The SMILES string of the molecule is CC[C@@H]1OCCCC1O. The van der Waals surface area contributed by atoms with Gasteiger partial charge in [-0.3, -0.25) is 0 Å². The van der Waals surface area contributed by atoms with Crippen molar-refractivity contribution < 1.29 is 9.84 Å². The lowest BCUT2D eigenvalue weighted by Crippen LogP contribution is -2.33. The van der Waals surface area contributed by atoms with Crippen LogP contribution in [-0.4, -0.2) is 23.9 Å². The maximum atomic E-state index is 9.24. The van der Waals surface area contributed by atoms with E-state index in [2.05, 4.69) is 0 Å². The molecule has 0 aliphatic carbocycles. The highest BCUT2D eigenvalue weighted by Gasteiger charge is 2.21. The molecule has 1 saturated heterocycles. The van der Waals surface area contributed by atoms with Gasteiger partial charge < -0.3 is 9.84 Å². The van der Waals surface area contributed by atoms with E-state index in [4.69, 9.17) is 4.74 Å². The number of aliphatic hydroxyl groups is 1. The Bertz CT molecular complexity index is 83.0. The van der Waals surface area contributed by atoms with Crippen molar-refractivity contribution in [2.24, 2.45) is 0 Å². The van der Waals surface area contributed by atoms with Gasteiger partial charge in [0.2, 0.25) is 0 Å². The first-order valence-electron chi connectivity index (χ1n) is 3.64. The average Bonchev–Trinajstić information content (AvgIpc) is 1.89. The third kappa shape index (κ3) is 1.66. The van der Waals surface area contributed by atoms with E-state index in [1.54, 1.807) is 0 Å². The standard InChI is InChI=1S/C7H14O2/c1-2-7-6(8)4-3-5-9-7/h6-8H,2-5H2,1H3/t6?,7-/m0/s1. The molecule has 0 amide bonds. The van der Waals surface area contributed by atoms with E-state index in [-0.39, 0.29) is 12.2 Å². The van der Waals surface area contributed by atoms with Crippen molar-refractivity contribution >= 4 is 0 Å². The zero-order valence-electron chi connectivity index (χ0n) is 5.84. The Morgan fingerprint density at radius 1 is 1.67 bits per heavy atom. The minimum atomic E-state index is -0.205. The van der Waals surface area contributed by atoms with Crippen LogP contribution in [0.25, 0.3) is 0 Å². The fraction of sp³-hybridized carbons (Fsp3) is 1.00. The van der Waals surface area contributed by atoms with Crippen molar-refractivity contribution in [1.82, 2.24) is 0 Å². The average molecular weight is 130 g/mol. The third-order valence-corrected chi connectivity index (χ3v) is 1.81. The van der Waals surface area contributed by atoms with Crippen LogP contribution in [0, 0.1) is 0 Å². The molecule has 0 aromatic heterocycles. The van der Waals surface area contributed by atoms with Gasteiger partial charge >= 0.3 is 0 Å². The third-order valence-electron chi connectivity index (χ3n) is 1.81. The van der Waals surface area contributed by atoms with Gasteiger partial charge in [0.05, 0.1) is 12.2 Å². The van der Waals surface area contributed by atoms with Gasteiger partial charge in [-0.05, 0) is 19.3 Å². The maximum absolute atomic E-state index is 9.24. The van der Waals surface area contributed by atoms with Crippen LogP contribution in [0.2, 0.25) is 0 Å². The van der Waals surface area contributed by atoms with Gasteiger partial charge in [0.15, 0.2) is 0 Å². The Labute approximate surface area is 55.8 Å². The first-order valence-corrected chi connectivity index (χ1v) is 3.64. The summed E-state index contributed by atoms with van der Waals surface area (Å²) in [5, 5.41) is 9.24. The predicted octanol–water partition coefficient (Wildman–Crippen LogP) is 0.936. The molecular weight excluding hydrogens is 116 g/mol. The van der Waals surface area contributed by atoms with Crippen LogP contribution in [0.3, 0.4) is 0 Å². The van der Waals surface area contributed by atoms with Gasteiger partial charge in [0, 0.05) is 6.61 Å². The van der Waals surface area contributed by atoms with Gasteiger partial charge in [-0.25, -0.2) is 0 Å². The lowest BCUT2D eigenvalue weighted by Gasteiger charge is -2.26. The largest absolute Gasteiger partial charge is 0.390 e. The molecule has 1 aliphatic heterocycles. The lowest BCUT2D eigenvalue weighted by atomic mass is 10.0. The van der Waals surface area contributed by atoms with E-state index < -0.39 is 0 Å². The summed E-state index contributed by atoms with van der Waals surface area (Å²) in [7, 11) is 0. The number of hydrogen-bond acceptors (Lipinski definition) is 2. The van der Waals surface area contributed by atoms with Crippen LogP contribution in [0.15, 0.2) is 0 Å². The molecule has 2 nitrogen and oxygen atoms in total. The van der Waals surface area contributed by atoms with Crippen molar-refractivity contribution in [3.63, 3.8) is 0 Å². The molecule has 1 N–H and O–H groups in total. The van der Waals surface area contributed by atoms with E-state index in [1.807, 2.05) is 6.92 Å². The van der Waals surface area contributed by atoms with Gasteiger partial charge in [-0.1, -0.05) is 6.92 Å². The molecule has 1 heterocycles. The summed E-state index contributed by atoms with van der Waals surface area (Å²) in [6.45, 7) is 2.87. The highest BCUT2D eigenvalue weighted by Crippen LogP contribution is 2.15. The van der Waals surface area contributed by atoms with Gasteiger partial charge in [-0.15, -0.1) is 0 Å². The quantitative estimate of drug-likeness (QED) is 0.572. The molecule has 0 aromatic rings. The molecule has 1 unspecified atom stereocenters. The van der Waals surface area contributed by atoms with Crippen LogP contribution < -0.4 is 0 Å². The van der Waals surface area contributed by atoms with E-state index >= 15 is 0 Å². The van der Waals surface area contributed by atoms with Crippen LogP contribution in [0.4, 0.5) is 0 Å². The van der Waals surface area contributed by atoms with Crippen molar-refractivity contribution in [1.29, 1.82) is 0 Å². The predicted molar refractivity (Wildman–Crippen MR) is 35.3 cm³/mol. The number of aliphatic hydroxyl groups excluding tert-OH is 1. The van der Waals surface area contributed by atoms with Gasteiger partial charge in [0.25, 0.3) is 0 Å². The minimum absolute atomic E-state index is 0.110. The van der Waals surface area contributed by atoms with E-state index in [0.29, 0.717) is 0 Å². The Balaban J connectivity index is 2.30. The molecule has 0 saturated carbocycles. The van der Waals surface area contributed by atoms with E-state index in [1.165, 1.54) is 0 Å². The van der Waals surface area contributed by atoms with Gasteiger partial charge in [0.1, 0.15) is 0 Å². The molecule has 0 spiro atoms. The number of hydrogen-bond donors (Lipinski definition) is 1. The molecule has 2 atom stereocenters. The van der Waals surface area contributed by atoms with Crippen LogP contribution in [-0.2, 0) is 4.74 Å². The highest BCUT2D eigenvalue weighted by molar-refractivity contribution is 4.71. The summed E-state index contributed by atoms with van der Waals surface area (Å²) in [6, 6.07) is 0. The normalized spacial score (nSPS) is 36.7. The van der Waals surface area contributed by atoms with Crippen molar-refractivity contribution in [2.45, 2.75) is 38.4 Å². The molecule has 2 heteroatoms. The Morgan fingerprint density at radius 3 is 2.89 bits per heavy atom. The first-order chi connectivity index (χ1) is 4.34. The highest BCUT2D eigenvalue weighted by atomic mass is 16.5.